The van der Waals surface area contributed by atoms with Gasteiger partial charge in [0.15, 0.2) is 12.2 Å². The number of anilines is 1. The fraction of sp³-hybridized carbons (Fsp3) is 0.211. The molecule has 1 amide bonds. The average Bonchev–Trinajstić information content (AvgIpc) is 2.65. The van der Waals surface area contributed by atoms with Gasteiger partial charge in [0.1, 0.15) is 5.75 Å². The zero-order valence-corrected chi connectivity index (χ0v) is 16.0. The first-order valence-electron chi connectivity index (χ1n) is 7.93. The van der Waals surface area contributed by atoms with Crippen molar-refractivity contribution in [3.05, 3.63) is 58.1 Å². The third-order valence-corrected chi connectivity index (χ3v) is 4.04. The van der Waals surface area contributed by atoms with E-state index in [1.54, 1.807) is 36.4 Å². The van der Waals surface area contributed by atoms with Crippen LogP contribution in [0.4, 0.5) is 5.69 Å². The first-order valence-corrected chi connectivity index (χ1v) is 8.69. The summed E-state index contributed by atoms with van der Waals surface area (Å²) >= 11 is 11.9. The van der Waals surface area contributed by atoms with Crippen LogP contribution in [0.2, 0.25) is 10.0 Å². The van der Waals surface area contributed by atoms with Crippen LogP contribution in [0.1, 0.15) is 19.4 Å². The number of amides is 1. The number of nitriles is 1. The number of nitrogens with one attached hydrogen (secondary N) is 1. The highest BCUT2D eigenvalue weighted by Gasteiger charge is 2.23. The van der Waals surface area contributed by atoms with Crippen molar-refractivity contribution in [2.45, 2.75) is 26.1 Å². The van der Waals surface area contributed by atoms with E-state index in [0.29, 0.717) is 27.0 Å². The second-order valence-electron chi connectivity index (χ2n) is 5.59. The highest BCUT2D eigenvalue weighted by molar-refractivity contribution is 6.35. The van der Waals surface area contributed by atoms with Crippen LogP contribution in [-0.2, 0) is 14.3 Å². The maximum absolute atomic E-state index is 12.2. The molecule has 0 saturated heterocycles. The molecule has 27 heavy (non-hydrogen) atoms. The number of esters is 1. The standard InChI is InChI=1S/C19H16Cl2N2O4/c1-11(18(24)23-17-9-14(20)5-8-16(17)21)27-19(25)12(2)26-15-6-3-13(10-22)4-7-15/h3-9,11-12H,1-2H3,(H,23,24)/t11-,12-/m1/s1. The summed E-state index contributed by atoms with van der Waals surface area (Å²) in [7, 11) is 0. The van der Waals surface area contributed by atoms with Crippen LogP contribution in [-0.4, -0.2) is 24.1 Å². The Morgan fingerprint density at radius 2 is 1.74 bits per heavy atom. The van der Waals surface area contributed by atoms with Crippen molar-refractivity contribution >= 4 is 40.8 Å². The first kappa shape index (κ1) is 20.6. The number of halogens is 2. The van der Waals surface area contributed by atoms with Gasteiger partial charge in [-0.05, 0) is 56.3 Å². The topological polar surface area (TPSA) is 88.4 Å². The second kappa shape index (κ2) is 9.26. The van der Waals surface area contributed by atoms with Crippen molar-refractivity contribution < 1.29 is 19.1 Å². The summed E-state index contributed by atoms with van der Waals surface area (Å²) in [6, 6.07) is 12.9. The number of hydrogen-bond donors (Lipinski definition) is 1. The summed E-state index contributed by atoms with van der Waals surface area (Å²) in [5.41, 5.74) is 0.793. The van der Waals surface area contributed by atoms with Crippen LogP contribution in [0, 0.1) is 11.3 Å². The lowest BCUT2D eigenvalue weighted by molar-refractivity contribution is -0.159. The number of ether oxygens (including phenoxy) is 2. The van der Waals surface area contributed by atoms with E-state index in [9.17, 15) is 9.59 Å². The molecule has 0 aliphatic rings. The normalized spacial score (nSPS) is 12.4. The lowest BCUT2D eigenvalue weighted by Gasteiger charge is -2.18. The molecule has 0 bridgehead atoms. The predicted octanol–water partition coefficient (Wildman–Crippen LogP) is 4.20. The van der Waals surface area contributed by atoms with Gasteiger partial charge in [0, 0.05) is 5.02 Å². The Kier molecular flexibility index (Phi) is 7.05. The smallest absolute Gasteiger partial charge is 0.347 e. The molecule has 0 aliphatic carbocycles. The minimum atomic E-state index is -1.07. The van der Waals surface area contributed by atoms with Crippen LogP contribution in [0.15, 0.2) is 42.5 Å². The van der Waals surface area contributed by atoms with Crippen molar-refractivity contribution in [3.63, 3.8) is 0 Å². The maximum atomic E-state index is 12.2. The SMILES string of the molecule is C[C@@H](OC(=O)[C@@H](C)Oc1ccc(C#N)cc1)C(=O)Nc1cc(Cl)ccc1Cl. The van der Waals surface area contributed by atoms with E-state index in [1.165, 1.54) is 19.9 Å². The molecule has 6 nitrogen and oxygen atoms in total. The molecule has 8 heteroatoms. The van der Waals surface area contributed by atoms with E-state index in [0.717, 1.165) is 0 Å². The fourth-order valence-corrected chi connectivity index (χ4v) is 2.35. The third kappa shape index (κ3) is 5.88. The van der Waals surface area contributed by atoms with Crippen molar-refractivity contribution in [1.29, 1.82) is 5.26 Å². The van der Waals surface area contributed by atoms with E-state index >= 15 is 0 Å². The number of benzene rings is 2. The average molecular weight is 407 g/mol. The zero-order valence-electron chi connectivity index (χ0n) is 14.5. The number of rotatable bonds is 6. The van der Waals surface area contributed by atoms with E-state index in [4.69, 9.17) is 37.9 Å². The Balaban J connectivity index is 1.92. The van der Waals surface area contributed by atoms with Crippen molar-refractivity contribution in [1.82, 2.24) is 0 Å². The number of carbonyl (C=O) groups excluding carboxylic acids is 2. The molecule has 2 aromatic carbocycles. The van der Waals surface area contributed by atoms with Crippen LogP contribution >= 0.6 is 23.2 Å². The van der Waals surface area contributed by atoms with Gasteiger partial charge in [-0.2, -0.15) is 5.26 Å². The van der Waals surface area contributed by atoms with Crippen LogP contribution in [0.3, 0.4) is 0 Å². The zero-order chi connectivity index (χ0) is 20.0. The molecule has 0 aromatic heterocycles. The van der Waals surface area contributed by atoms with E-state index < -0.39 is 24.1 Å². The molecular formula is C19H16Cl2N2O4. The molecule has 2 aromatic rings. The summed E-state index contributed by atoms with van der Waals surface area (Å²) < 4.78 is 10.6. The van der Waals surface area contributed by atoms with Gasteiger partial charge >= 0.3 is 5.97 Å². The minimum absolute atomic E-state index is 0.309. The van der Waals surface area contributed by atoms with E-state index in [1.807, 2.05) is 6.07 Å². The van der Waals surface area contributed by atoms with Gasteiger partial charge in [0.25, 0.3) is 5.91 Å². The quantitative estimate of drug-likeness (QED) is 0.725. The van der Waals surface area contributed by atoms with E-state index in [-0.39, 0.29) is 0 Å². The molecule has 1 N–H and O–H groups in total. The molecule has 140 valence electrons. The molecule has 0 unspecified atom stereocenters. The Hall–Kier alpha value is -2.75. The van der Waals surface area contributed by atoms with Gasteiger partial charge in [-0.15, -0.1) is 0 Å². The maximum Gasteiger partial charge on any atom is 0.347 e. The molecule has 0 fully saturated rings. The lowest BCUT2D eigenvalue weighted by Crippen LogP contribution is -2.35. The van der Waals surface area contributed by atoms with Gasteiger partial charge < -0.3 is 14.8 Å². The molecule has 0 saturated carbocycles. The highest BCUT2D eigenvalue weighted by Crippen LogP contribution is 2.25. The lowest BCUT2D eigenvalue weighted by atomic mass is 10.2. The van der Waals surface area contributed by atoms with Crippen molar-refractivity contribution in [3.8, 4) is 11.8 Å². The van der Waals surface area contributed by atoms with E-state index in [2.05, 4.69) is 5.32 Å². The molecule has 0 aliphatic heterocycles. The number of carbonyl (C=O) groups is 2. The van der Waals surface area contributed by atoms with Crippen molar-refractivity contribution in [2.75, 3.05) is 5.32 Å². The van der Waals surface area contributed by atoms with Gasteiger partial charge in [-0.3, -0.25) is 4.79 Å². The Morgan fingerprint density at radius 3 is 2.37 bits per heavy atom. The van der Waals surface area contributed by atoms with Gasteiger partial charge in [-0.1, -0.05) is 23.2 Å². The number of nitrogens with zero attached hydrogens (tertiary/aromatic N) is 1. The summed E-state index contributed by atoms with van der Waals surface area (Å²) in [6.07, 6.45) is -2.01. The second-order valence-corrected chi connectivity index (χ2v) is 6.43. The van der Waals surface area contributed by atoms with Gasteiger partial charge in [-0.25, -0.2) is 4.79 Å². The molecular weight excluding hydrogens is 391 g/mol. The fourth-order valence-electron chi connectivity index (χ4n) is 2.01. The summed E-state index contributed by atoms with van der Waals surface area (Å²) in [5, 5.41) is 12.0. The molecule has 2 rings (SSSR count). The Morgan fingerprint density at radius 1 is 1.07 bits per heavy atom. The molecule has 0 radical (unpaired) electrons. The largest absolute Gasteiger partial charge is 0.479 e. The van der Waals surface area contributed by atoms with Gasteiger partial charge in [0.05, 0.1) is 22.3 Å². The van der Waals surface area contributed by atoms with Crippen LogP contribution in [0.25, 0.3) is 0 Å². The van der Waals surface area contributed by atoms with Gasteiger partial charge in [0.2, 0.25) is 0 Å². The van der Waals surface area contributed by atoms with Crippen LogP contribution < -0.4 is 10.1 Å². The summed E-state index contributed by atoms with van der Waals surface area (Å²) in [4.78, 5) is 24.3. The minimum Gasteiger partial charge on any atom is -0.479 e. The summed E-state index contributed by atoms with van der Waals surface area (Å²) in [5.74, 6) is -0.862. The number of hydrogen-bond acceptors (Lipinski definition) is 5. The molecule has 0 heterocycles. The highest BCUT2D eigenvalue weighted by atomic mass is 35.5. The monoisotopic (exact) mass is 406 g/mol. The Labute approximate surface area is 166 Å². The van der Waals surface area contributed by atoms with Crippen LogP contribution in [0.5, 0.6) is 5.75 Å². The first-order chi connectivity index (χ1) is 12.8. The summed E-state index contributed by atoms with van der Waals surface area (Å²) in [6.45, 7) is 2.93. The molecule has 0 spiro atoms. The Bertz CT molecular complexity index is 878. The predicted molar refractivity (Wildman–Crippen MR) is 102 cm³/mol. The molecule has 2 atom stereocenters. The van der Waals surface area contributed by atoms with Crippen molar-refractivity contribution in [2.24, 2.45) is 0 Å². The third-order valence-electron chi connectivity index (χ3n) is 3.48.